The molecule has 6 heteroatoms. The molecule has 0 unspecified atom stereocenters. The van der Waals surface area contributed by atoms with Crippen LogP contribution in [0.1, 0.15) is 41.6 Å². The number of carbonyl (C=O) groups excluding carboxylic acids is 1. The van der Waals surface area contributed by atoms with Crippen LogP contribution in [0, 0.1) is 0 Å². The maximum Gasteiger partial charge on any atom is 0.267 e. The standard InChI is InChI=1S/C24H25N3O2S/c1-4-14-8-7-9-15(5-2)21(14)27-23(28)22-20(25)18-13-16-12-17(29-6-3)10-11-19(16)26-24(18)30-22/h7-13H,4-6,25H2,1-3H3,(H,27,28). The lowest BCUT2D eigenvalue weighted by Crippen LogP contribution is -2.15. The molecule has 0 radical (unpaired) electrons. The van der Waals surface area contributed by atoms with E-state index in [0.29, 0.717) is 17.2 Å². The molecule has 4 aromatic rings. The van der Waals surface area contributed by atoms with E-state index in [1.165, 1.54) is 11.3 Å². The van der Waals surface area contributed by atoms with Crippen LogP contribution in [0.3, 0.4) is 0 Å². The topological polar surface area (TPSA) is 77.2 Å². The fraction of sp³-hybridized carbons (Fsp3) is 0.250. The summed E-state index contributed by atoms with van der Waals surface area (Å²) >= 11 is 1.33. The first-order valence-electron chi connectivity index (χ1n) is 10.2. The second-order valence-corrected chi connectivity index (χ2v) is 8.09. The Labute approximate surface area is 179 Å². The van der Waals surface area contributed by atoms with Crippen LogP contribution in [0.5, 0.6) is 5.75 Å². The number of nitrogens with zero attached hydrogens (tertiary/aromatic N) is 1. The minimum atomic E-state index is -0.190. The van der Waals surface area contributed by atoms with Gasteiger partial charge in [0, 0.05) is 16.5 Å². The van der Waals surface area contributed by atoms with Gasteiger partial charge in [0.1, 0.15) is 15.5 Å². The number of nitrogens with two attached hydrogens (primary N) is 1. The van der Waals surface area contributed by atoms with Gasteiger partial charge in [-0.25, -0.2) is 4.98 Å². The maximum atomic E-state index is 13.1. The van der Waals surface area contributed by atoms with Crippen molar-refractivity contribution in [3.05, 3.63) is 58.5 Å². The smallest absolute Gasteiger partial charge is 0.267 e. The average Bonchev–Trinajstić information content (AvgIpc) is 3.08. The van der Waals surface area contributed by atoms with Crippen molar-refractivity contribution in [1.82, 2.24) is 4.98 Å². The first-order valence-corrected chi connectivity index (χ1v) is 11.0. The van der Waals surface area contributed by atoms with Crippen molar-refractivity contribution in [2.24, 2.45) is 0 Å². The number of thiophene rings is 1. The fourth-order valence-corrected chi connectivity index (χ4v) is 4.66. The number of hydrogen-bond donors (Lipinski definition) is 2. The number of rotatable bonds is 6. The summed E-state index contributed by atoms with van der Waals surface area (Å²) in [4.78, 5) is 19.1. The molecular weight excluding hydrogens is 394 g/mol. The Morgan fingerprint density at radius 2 is 1.83 bits per heavy atom. The number of aryl methyl sites for hydroxylation is 2. The third kappa shape index (κ3) is 3.59. The average molecular weight is 420 g/mol. The Kier molecular flexibility index (Phi) is 5.59. The highest BCUT2D eigenvalue weighted by Gasteiger charge is 2.20. The van der Waals surface area contributed by atoms with E-state index >= 15 is 0 Å². The van der Waals surface area contributed by atoms with Gasteiger partial charge >= 0.3 is 0 Å². The second kappa shape index (κ2) is 8.32. The summed E-state index contributed by atoms with van der Waals surface area (Å²) in [6.45, 7) is 6.73. The van der Waals surface area contributed by atoms with Crippen molar-refractivity contribution in [2.75, 3.05) is 17.7 Å². The Balaban J connectivity index is 1.75. The van der Waals surface area contributed by atoms with Crippen molar-refractivity contribution < 1.29 is 9.53 Å². The van der Waals surface area contributed by atoms with Crippen molar-refractivity contribution in [3.8, 4) is 5.75 Å². The van der Waals surface area contributed by atoms with Crippen LogP contribution in [0.4, 0.5) is 11.4 Å². The van der Waals surface area contributed by atoms with E-state index in [0.717, 1.165) is 56.5 Å². The van der Waals surface area contributed by atoms with E-state index in [4.69, 9.17) is 15.5 Å². The minimum absolute atomic E-state index is 0.190. The third-order valence-electron chi connectivity index (χ3n) is 5.24. The van der Waals surface area contributed by atoms with Crippen LogP contribution >= 0.6 is 11.3 Å². The molecule has 0 saturated carbocycles. The van der Waals surface area contributed by atoms with Gasteiger partial charge in [-0.3, -0.25) is 4.79 Å². The first kappa shape index (κ1) is 20.2. The lowest BCUT2D eigenvalue weighted by Gasteiger charge is -2.14. The molecule has 0 aliphatic rings. The molecule has 0 saturated heterocycles. The molecule has 2 aromatic heterocycles. The van der Waals surface area contributed by atoms with Crippen LogP contribution < -0.4 is 15.8 Å². The number of aromatic nitrogens is 1. The Bertz CT molecular complexity index is 1220. The number of benzene rings is 2. The van der Waals surface area contributed by atoms with E-state index in [1.54, 1.807) is 0 Å². The number of nitrogen functional groups attached to an aromatic ring is 1. The number of nitrogens with one attached hydrogen (secondary N) is 1. The molecule has 3 N–H and O–H groups in total. The predicted octanol–water partition coefficient (Wildman–Crippen LogP) is 5.81. The number of anilines is 2. The molecule has 0 bridgehead atoms. The Hall–Kier alpha value is -3.12. The van der Waals surface area contributed by atoms with Gasteiger partial charge in [-0.2, -0.15) is 0 Å². The number of ether oxygens (including phenoxy) is 1. The van der Waals surface area contributed by atoms with Gasteiger partial charge in [0.25, 0.3) is 5.91 Å². The SMILES string of the molecule is CCOc1ccc2nc3sc(C(=O)Nc4c(CC)cccc4CC)c(N)c3cc2c1. The first-order chi connectivity index (χ1) is 14.5. The van der Waals surface area contributed by atoms with Crippen LogP contribution in [-0.2, 0) is 12.8 Å². The summed E-state index contributed by atoms with van der Waals surface area (Å²) < 4.78 is 5.59. The van der Waals surface area contributed by atoms with E-state index in [9.17, 15) is 4.79 Å². The van der Waals surface area contributed by atoms with E-state index in [1.807, 2.05) is 49.4 Å². The Morgan fingerprint density at radius 1 is 1.10 bits per heavy atom. The molecule has 2 heterocycles. The fourth-order valence-electron chi connectivity index (χ4n) is 3.68. The zero-order valence-corrected chi connectivity index (χ0v) is 18.2. The molecule has 4 rings (SSSR count). The highest BCUT2D eigenvalue weighted by Crippen LogP contribution is 2.36. The Morgan fingerprint density at radius 3 is 2.50 bits per heavy atom. The van der Waals surface area contributed by atoms with Crippen LogP contribution in [0.25, 0.3) is 21.1 Å². The summed E-state index contributed by atoms with van der Waals surface area (Å²) in [6, 6.07) is 13.9. The van der Waals surface area contributed by atoms with Crippen molar-refractivity contribution in [3.63, 3.8) is 0 Å². The van der Waals surface area contributed by atoms with Gasteiger partial charge in [0.2, 0.25) is 0 Å². The minimum Gasteiger partial charge on any atom is -0.494 e. The third-order valence-corrected chi connectivity index (χ3v) is 6.35. The van der Waals surface area contributed by atoms with Gasteiger partial charge in [0.15, 0.2) is 0 Å². The number of para-hydroxylation sites is 1. The van der Waals surface area contributed by atoms with E-state index < -0.39 is 0 Å². The molecule has 0 aliphatic carbocycles. The molecule has 0 fully saturated rings. The van der Waals surface area contributed by atoms with Gasteiger partial charge in [-0.05, 0) is 55.2 Å². The summed E-state index contributed by atoms with van der Waals surface area (Å²) in [5.41, 5.74) is 10.9. The van der Waals surface area contributed by atoms with Crippen molar-refractivity contribution >= 4 is 49.7 Å². The van der Waals surface area contributed by atoms with Gasteiger partial charge in [-0.1, -0.05) is 32.0 Å². The van der Waals surface area contributed by atoms with Crippen molar-refractivity contribution in [2.45, 2.75) is 33.6 Å². The molecule has 2 aromatic carbocycles. The normalized spacial score (nSPS) is 11.2. The van der Waals surface area contributed by atoms with E-state index in [2.05, 4.69) is 19.2 Å². The summed E-state index contributed by atoms with van der Waals surface area (Å²) in [6.07, 6.45) is 1.70. The highest BCUT2D eigenvalue weighted by atomic mass is 32.1. The molecule has 0 spiro atoms. The van der Waals surface area contributed by atoms with E-state index in [-0.39, 0.29) is 5.91 Å². The van der Waals surface area contributed by atoms with Gasteiger partial charge in [-0.15, -0.1) is 11.3 Å². The number of amides is 1. The lowest BCUT2D eigenvalue weighted by atomic mass is 10.0. The quantitative estimate of drug-likeness (QED) is 0.414. The maximum absolute atomic E-state index is 13.1. The second-order valence-electron chi connectivity index (χ2n) is 7.09. The molecule has 5 nitrogen and oxygen atoms in total. The largest absolute Gasteiger partial charge is 0.494 e. The molecular formula is C24H25N3O2S. The summed E-state index contributed by atoms with van der Waals surface area (Å²) in [7, 11) is 0. The summed E-state index contributed by atoms with van der Waals surface area (Å²) in [5.74, 6) is 0.603. The number of hydrogen-bond acceptors (Lipinski definition) is 5. The number of pyridine rings is 1. The predicted molar refractivity (Wildman–Crippen MR) is 126 cm³/mol. The molecule has 1 amide bonds. The van der Waals surface area contributed by atoms with Gasteiger partial charge in [0.05, 0.1) is 17.8 Å². The van der Waals surface area contributed by atoms with Gasteiger partial charge < -0.3 is 15.8 Å². The van der Waals surface area contributed by atoms with Crippen LogP contribution in [0.2, 0.25) is 0 Å². The highest BCUT2D eigenvalue weighted by molar-refractivity contribution is 7.21. The van der Waals surface area contributed by atoms with Crippen molar-refractivity contribution in [1.29, 1.82) is 0 Å². The molecule has 0 aliphatic heterocycles. The number of fused-ring (bicyclic) bond motifs is 2. The monoisotopic (exact) mass is 419 g/mol. The van der Waals surface area contributed by atoms with Crippen LogP contribution in [0.15, 0.2) is 42.5 Å². The molecule has 154 valence electrons. The zero-order valence-electron chi connectivity index (χ0n) is 17.4. The zero-order chi connectivity index (χ0) is 21.3. The summed E-state index contributed by atoms with van der Waals surface area (Å²) in [5, 5.41) is 4.85. The van der Waals surface area contributed by atoms with Crippen LogP contribution in [-0.4, -0.2) is 17.5 Å². The lowest BCUT2D eigenvalue weighted by molar-refractivity contribution is 0.103. The number of carbonyl (C=O) groups is 1. The molecule has 0 atom stereocenters. The molecule has 30 heavy (non-hydrogen) atoms.